The Kier molecular flexibility index (Phi) is 4.93. The van der Waals surface area contributed by atoms with Crippen LogP contribution in [-0.2, 0) is 6.54 Å². The molecule has 0 atom stereocenters. The van der Waals surface area contributed by atoms with Crippen LogP contribution in [0.2, 0.25) is 0 Å². The molecule has 2 aromatic rings. The zero-order valence-electron chi connectivity index (χ0n) is 11.2. The Morgan fingerprint density at radius 1 is 1.21 bits per heavy atom. The topological polar surface area (TPSA) is 21.3 Å². The van der Waals surface area contributed by atoms with Crippen molar-refractivity contribution in [1.82, 2.24) is 5.32 Å². The van der Waals surface area contributed by atoms with Crippen LogP contribution < -0.4 is 10.1 Å². The molecule has 0 saturated heterocycles. The molecule has 0 spiro atoms. The first-order chi connectivity index (χ1) is 9.16. The maximum Gasteiger partial charge on any atom is 0.167 e. The van der Waals surface area contributed by atoms with Crippen LogP contribution in [0.3, 0.4) is 0 Å². The summed E-state index contributed by atoms with van der Waals surface area (Å²) in [4.78, 5) is 2.62. The first-order valence-electron chi connectivity index (χ1n) is 6.31. The van der Waals surface area contributed by atoms with Crippen LogP contribution >= 0.6 is 11.3 Å². The summed E-state index contributed by atoms with van der Waals surface area (Å²) in [7, 11) is 0. The molecule has 1 N–H and O–H groups in total. The molecule has 0 radical (unpaired) electrons. The summed E-state index contributed by atoms with van der Waals surface area (Å²) in [6, 6.07) is 9.43. The van der Waals surface area contributed by atoms with Gasteiger partial charge in [-0.15, -0.1) is 11.3 Å². The fraction of sp³-hybridized carbons (Fsp3) is 0.333. The van der Waals surface area contributed by atoms with Crippen LogP contribution in [0.4, 0.5) is 4.39 Å². The van der Waals surface area contributed by atoms with E-state index >= 15 is 0 Å². The van der Waals surface area contributed by atoms with Crippen molar-refractivity contribution in [3.8, 4) is 5.75 Å². The molecule has 0 bridgehead atoms. The average Bonchev–Trinajstić information content (AvgIpc) is 2.80. The van der Waals surface area contributed by atoms with E-state index in [-0.39, 0.29) is 5.82 Å². The highest BCUT2D eigenvalue weighted by Gasteiger charge is 2.05. The molecule has 4 heteroatoms. The highest BCUT2D eigenvalue weighted by atomic mass is 32.1. The first kappa shape index (κ1) is 14.0. The number of hydrogen-bond acceptors (Lipinski definition) is 3. The highest BCUT2D eigenvalue weighted by Crippen LogP contribution is 2.19. The minimum absolute atomic E-state index is 0.267. The third kappa shape index (κ3) is 4.04. The van der Waals surface area contributed by atoms with Crippen LogP contribution in [0.25, 0.3) is 0 Å². The summed E-state index contributed by atoms with van der Waals surface area (Å²) in [5, 5.41) is 3.28. The van der Waals surface area contributed by atoms with E-state index in [0.29, 0.717) is 24.5 Å². The number of rotatable bonds is 6. The summed E-state index contributed by atoms with van der Waals surface area (Å²) < 4.78 is 19.1. The molecule has 0 unspecified atom stereocenters. The van der Waals surface area contributed by atoms with E-state index in [4.69, 9.17) is 4.74 Å². The predicted octanol–water partition coefficient (Wildman–Crippen LogP) is 3.67. The second-order valence-corrected chi connectivity index (χ2v) is 5.80. The number of benzene rings is 1. The van der Waals surface area contributed by atoms with Gasteiger partial charge in [-0.05, 0) is 37.6 Å². The largest absolute Gasteiger partial charge is 0.489 e. The minimum atomic E-state index is -0.267. The van der Waals surface area contributed by atoms with Crippen molar-refractivity contribution >= 4 is 11.3 Å². The molecule has 0 saturated carbocycles. The maximum absolute atomic E-state index is 13.6. The van der Waals surface area contributed by atoms with Gasteiger partial charge in [0.1, 0.15) is 6.61 Å². The van der Waals surface area contributed by atoms with Gasteiger partial charge in [-0.25, -0.2) is 4.39 Å². The lowest BCUT2D eigenvalue weighted by molar-refractivity contribution is 0.298. The standard InChI is InChI=1S/C15H18FNOS/c1-11-4-3-5-14(15(11)16)18-9-8-17-10-13-7-6-12(2)19-13/h3-7,17H,8-10H2,1-2H3. The van der Waals surface area contributed by atoms with Crippen molar-refractivity contribution in [3.05, 3.63) is 51.5 Å². The van der Waals surface area contributed by atoms with E-state index in [2.05, 4.69) is 24.4 Å². The van der Waals surface area contributed by atoms with Gasteiger partial charge in [0.05, 0.1) is 0 Å². The van der Waals surface area contributed by atoms with Gasteiger partial charge in [-0.1, -0.05) is 12.1 Å². The van der Waals surface area contributed by atoms with Gasteiger partial charge in [-0.2, -0.15) is 0 Å². The molecule has 0 aliphatic rings. The third-order valence-electron chi connectivity index (χ3n) is 2.79. The molecule has 0 fully saturated rings. The Morgan fingerprint density at radius 3 is 2.79 bits per heavy atom. The lowest BCUT2D eigenvalue weighted by atomic mass is 10.2. The Balaban J connectivity index is 1.71. The molecule has 2 rings (SSSR count). The number of aryl methyl sites for hydroxylation is 2. The average molecular weight is 279 g/mol. The molecule has 2 nitrogen and oxygen atoms in total. The first-order valence-corrected chi connectivity index (χ1v) is 7.12. The molecule has 0 aliphatic carbocycles. The van der Waals surface area contributed by atoms with Crippen LogP contribution in [0.15, 0.2) is 30.3 Å². The van der Waals surface area contributed by atoms with Gasteiger partial charge in [-0.3, -0.25) is 0 Å². The van der Waals surface area contributed by atoms with Gasteiger partial charge in [0.15, 0.2) is 11.6 Å². The summed E-state index contributed by atoms with van der Waals surface area (Å²) in [6.07, 6.45) is 0. The van der Waals surface area contributed by atoms with Crippen molar-refractivity contribution in [3.63, 3.8) is 0 Å². The lowest BCUT2D eigenvalue weighted by Gasteiger charge is -2.09. The summed E-state index contributed by atoms with van der Waals surface area (Å²) in [6.45, 7) is 5.82. The van der Waals surface area contributed by atoms with Crippen LogP contribution in [0, 0.1) is 19.7 Å². The lowest BCUT2D eigenvalue weighted by Crippen LogP contribution is -2.20. The fourth-order valence-corrected chi connectivity index (χ4v) is 2.62. The Labute approximate surface area is 117 Å². The molecule has 102 valence electrons. The molecule has 1 aromatic heterocycles. The van der Waals surface area contributed by atoms with Crippen LogP contribution in [-0.4, -0.2) is 13.2 Å². The zero-order valence-corrected chi connectivity index (χ0v) is 12.0. The van der Waals surface area contributed by atoms with Gasteiger partial charge >= 0.3 is 0 Å². The van der Waals surface area contributed by atoms with E-state index in [1.54, 1.807) is 36.5 Å². The summed E-state index contributed by atoms with van der Waals surface area (Å²) >= 11 is 1.78. The van der Waals surface area contributed by atoms with E-state index < -0.39 is 0 Å². The Morgan fingerprint density at radius 2 is 2.05 bits per heavy atom. The highest BCUT2D eigenvalue weighted by molar-refractivity contribution is 7.11. The monoisotopic (exact) mass is 279 g/mol. The smallest absolute Gasteiger partial charge is 0.167 e. The molecule has 1 heterocycles. The number of nitrogens with one attached hydrogen (secondary N) is 1. The molecule has 0 aliphatic heterocycles. The predicted molar refractivity (Wildman–Crippen MR) is 77.4 cm³/mol. The van der Waals surface area contributed by atoms with Crippen molar-refractivity contribution < 1.29 is 9.13 Å². The molecule has 1 aromatic carbocycles. The van der Waals surface area contributed by atoms with Gasteiger partial charge in [0.2, 0.25) is 0 Å². The second-order valence-electron chi connectivity index (χ2n) is 4.42. The second kappa shape index (κ2) is 6.68. The molecule has 19 heavy (non-hydrogen) atoms. The fourth-order valence-electron chi connectivity index (χ4n) is 1.76. The van der Waals surface area contributed by atoms with Crippen molar-refractivity contribution in [2.24, 2.45) is 0 Å². The summed E-state index contributed by atoms with van der Waals surface area (Å²) in [5.41, 5.74) is 0.611. The van der Waals surface area contributed by atoms with Crippen LogP contribution in [0.5, 0.6) is 5.75 Å². The van der Waals surface area contributed by atoms with Crippen molar-refractivity contribution in [2.45, 2.75) is 20.4 Å². The summed E-state index contributed by atoms with van der Waals surface area (Å²) in [5.74, 6) is 0.0603. The Hall–Kier alpha value is -1.39. The molecule has 0 amide bonds. The van der Waals surface area contributed by atoms with Gasteiger partial charge in [0, 0.05) is 22.8 Å². The number of hydrogen-bond donors (Lipinski definition) is 1. The minimum Gasteiger partial charge on any atom is -0.489 e. The SMILES string of the molecule is Cc1ccc(CNCCOc2cccc(C)c2F)s1. The van der Waals surface area contributed by atoms with Gasteiger partial charge in [0.25, 0.3) is 0 Å². The number of ether oxygens (including phenoxy) is 1. The number of halogens is 1. The van der Waals surface area contributed by atoms with Gasteiger partial charge < -0.3 is 10.1 Å². The maximum atomic E-state index is 13.6. The van der Waals surface area contributed by atoms with E-state index in [0.717, 1.165) is 6.54 Å². The zero-order chi connectivity index (χ0) is 13.7. The van der Waals surface area contributed by atoms with E-state index in [1.165, 1.54) is 9.75 Å². The van der Waals surface area contributed by atoms with E-state index in [9.17, 15) is 4.39 Å². The van der Waals surface area contributed by atoms with Crippen LogP contribution in [0.1, 0.15) is 15.3 Å². The van der Waals surface area contributed by atoms with E-state index in [1.807, 2.05) is 0 Å². The molecular weight excluding hydrogens is 261 g/mol. The number of thiophene rings is 1. The quantitative estimate of drug-likeness (QED) is 0.815. The molecular formula is C15H18FNOS. The third-order valence-corrected chi connectivity index (χ3v) is 3.79. The normalized spacial score (nSPS) is 10.7. The Bertz CT molecular complexity index is 539. The van der Waals surface area contributed by atoms with Crippen molar-refractivity contribution in [1.29, 1.82) is 0 Å². The van der Waals surface area contributed by atoms with Crippen molar-refractivity contribution in [2.75, 3.05) is 13.2 Å².